The lowest BCUT2D eigenvalue weighted by atomic mass is 10.1. The number of aromatic nitrogens is 4. The van der Waals surface area contributed by atoms with E-state index in [1.54, 1.807) is 10.9 Å². The first-order chi connectivity index (χ1) is 9.67. The molecule has 3 N–H and O–H groups in total. The molecule has 20 heavy (non-hydrogen) atoms. The number of fused-ring (bicyclic) bond motifs is 1. The highest BCUT2D eigenvalue weighted by molar-refractivity contribution is 7.71. The first kappa shape index (κ1) is 13.6. The Morgan fingerprint density at radius 3 is 3.05 bits per heavy atom. The topological polar surface area (TPSA) is 105 Å². The second-order valence-electron chi connectivity index (χ2n) is 4.50. The van der Waals surface area contributed by atoms with E-state index in [2.05, 4.69) is 15.0 Å². The van der Waals surface area contributed by atoms with E-state index in [4.69, 9.17) is 21.7 Å². The zero-order valence-electron chi connectivity index (χ0n) is 10.6. The van der Waals surface area contributed by atoms with Crippen molar-refractivity contribution in [3.8, 4) is 0 Å². The smallest absolute Gasteiger partial charge is 0.166 e. The largest absolute Gasteiger partial charge is 0.394 e. The first-order valence-electron chi connectivity index (χ1n) is 6.04. The summed E-state index contributed by atoms with van der Waals surface area (Å²) in [5, 5.41) is 19.3. The monoisotopic (exact) mass is 298 g/mol. The van der Waals surface area contributed by atoms with Gasteiger partial charge in [0.05, 0.1) is 19.3 Å². The molecule has 108 valence electrons. The van der Waals surface area contributed by atoms with Crippen LogP contribution in [0.1, 0.15) is 6.23 Å². The summed E-state index contributed by atoms with van der Waals surface area (Å²) in [5.41, 5.74) is 1.17. The van der Waals surface area contributed by atoms with E-state index in [0.717, 1.165) is 0 Å². The average molecular weight is 298 g/mol. The molecule has 3 rings (SSSR count). The van der Waals surface area contributed by atoms with Crippen molar-refractivity contribution in [1.82, 2.24) is 19.5 Å². The van der Waals surface area contributed by atoms with Crippen LogP contribution in [-0.2, 0) is 9.47 Å². The van der Waals surface area contributed by atoms with Crippen LogP contribution in [0, 0.1) is 4.64 Å². The van der Waals surface area contributed by atoms with Crippen LogP contribution in [0.15, 0.2) is 12.7 Å². The molecular formula is C11H14N4O4S. The van der Waals surface area contributed by atoms with E-state index in [1.807, 2.05) is 0 Å². The van der Waals surface area contributed by atoms with Crippen LogP contribution in [0.2, 0.25) is 0 Å². The SMILES string of the molecule is COC1C(O)C(CO)OC1n1cnc2c(=S)nc[nH]c21. The van der Waals surface area contributed by atoms with Gasteiger partial charge in [-0.25, -0.2) is 9.97 Å². The van der Waals surface area contributed by atoms with Gasteiger partial charge in [-0.05, 0) is 0 Å². The Morgan fingerprint density at radius 2 is 2.35 bits per heavy atom. The first-order valence-corrected chi connectivity index (χ1v) is 6.45. The Morgan fingerprint density at radius 1 is 1.55 bits per heavy atom. The highest BCUT2D eigenvalue weighted by Gasteiger charge is 2.45. The fourth-order valence-electron chi connectivity index (χ4n) is 2.41. The van der Waals surface area contributed by atoms with Crippen molar-refractivity contribution in [1.29, 1.82) is 0 Å². The Kier molecular flexibility index (Phi) is 3.52. The van der Waals surface area contributed by atoms with Crippen LogP contribution in [0.4, 0.5) is 0 Å². The van der Waals surface area contributed by atoms with Gasteiger partial charge >= 0.3 is 0 Å². The number of aliphatic hydroxyl groups is 2. The number of H-pyrrole nitrogens is 1. The van der Waals surface area contributed by atoms with Gasteiger partial charge in [-0.15, -0.1) is 0 Å². The van der Waals surface area contributed by atoms with Gasteiger partial charge < -0.3 is 24.7 Å². The van der Waals surface area contributed by atoms with E-state index < -0.39 is 24.5 Å². The highest BCUT2D eigenvalue weighted by Crippen LogP contribution is 2.32. The second kappa shape index (κ2) is 5.19. The molecule has 1 fully saturated rings. The lowest BCUT2D eigenvalue weighted by molar-refractivity contribution is -0.0583. The van der Waals surface area contributed by atoms with E-state index in [0.29, 0.717) is 15.8 Å². The molecule has 0 spiro atoms. The predicted molar refractivity (Wildman–Crippen MR) is 70.5 cm³/mol. The van der Waals surface area contributed by atoms with E-state index in [9.17, 15) is 10.2 Å². The summed E-state index contributed by atoms with van der Waals surface area (Å²) < 4.78 is 13.0. The minimum atomic E-state index is -0.919. The maximum absolute atomic E-state index is 10.1. The Hall–Kier alpha value is -1.39. The van der Waals surface area contributed by atoms with Crippen molar-refractivity contribution >= 4 is 23.4 Å². The molecule has 0 amide bonds. The van der Waals surface area contributed by atoms with Crippen LogP contribution in [0.25, 0.3) is 11.2 Å². The number of hydrogen-bond donors (Lipinski definition) is 3. The molecule has 4 atom stereocenters. The number of imidazole rings is 1. The number of aromatic amines is 1. The fourth-order valence-corrected chi connectivity index (χ4v) is 2.62. The van der Waals surface area contributed by atoms with Gasteiger partial charge in [0.25, 0.3) is 0 Å². The van der Waals surface area contributed by atoms with Gasteiger partial charge in [-0.2, -0.15) is 0 Å². The zero-order valence-corrected chi connectivity index (χ0v) is 11.4. The molecular weight excluding hydrogens is 284 g/mol. The number of rotatable bonds is 3. The highest BCUT2D eigenvalue weighted by atomic mass is 32.1. The number of ether oxygens (including phenoxy) is 2. The van der Waals surface area contributed by atoms with Crippen LogP contribution in [0.5, 0.6) is 0 Å². The Labute approximate surface area is 119 Å². The molecule has 4 unspecified atom stereocenters. The van der Waals surface area contributed by atoms with Crippen molar-refractivity contribution in [3.05, 3.63) is 17.3 Å². The van der Waals surface area contributed by atoms with Crippen LogP contribution < -0.4 is 0 Å². The number of hydrogen-bond acceptors (Lipinski definition) is 7. The van der Waals surface area contributed by atoms with E-state index >= 15 is 0 Å². The molecule has 3 heterocycles. The number of nitrogens with zero attached hydrogens (tertiary/aromatic N) is 3. The maximum atomic E-state index is 10.1. The summed E-state index contributed by atoms with van der Waals surface area (Å²) in [5.74, 6) is 0. The molecule has 2 aromatic heterocycles. The third kappa shape index (κ3) is 1.95. The van der Waals surface area contributed by atoms with E-state index in [1.165, 1.54) is 13.4 Å². The summed E-state index contributed by atoms with van der Waals surface area (Å²) in [6.45, 7) is -0.290. The summed E-state index contributed by atoms with van der Waals surface area (Å²) in [7, 11) is 1.48. The predicted octanol–water partition coefficient (Wildman–Crippen LogP) is -0.246. The van der Waals surface area contributed by atoms with Crippen LogP contribution in [0.3, 0.4) is 0 Å². The van der Waals surface area contributed by atoms with E-state index in [-0.39, 0.29) is 6.61 Å². The number of aliphatic hydroxyl groups excluding tert-OH is 2. The Balaban J connectivity index is 2.06. The second-order valence-corrected chi connectivity index (χ2v) is 4.88. The quantitative estimate of drug-likeness (QED) is 0.671. The molecule has 0 aromatic carbocycles. The van der Waals surface area contributed by atoms with Crippen molar-refractivity contribution < 1.29 is 19.7 Å². The minimum Gasteiger partial charge on any atom is -0.394 e. The van der Waals surface area contributed by atoms with Crippen molar-refractivity contribution in [3.63, 3.8) is 0 Å². The molecule has 1 aliphatic rings. The average Bonchev–Trinajstić information content (AvgIpc) is 3.00. The standard InChI is InChI=1S/C11H14N4O4S/c1-18-8-7(17)5(2-16)19-11(8)15-4-14-6-9(15)12-3-13-10(6)20/h3-5,7-8,11,16-17H,2H2,1H3,(H,12,13,20). The number of methoxy groups -OCH3 is 1. The molecule has 0 aliphatic carbocycles. The van der Waals surface area contributed by atoms with Crippen LogP contribution in [-0.4, -0.2) is 61.8 Å². The minimum absolute atomic E-state index is 0.290. The summed E-state index contributed by atoms with van der Waals surface area (Å²) in [4.78, 5) is 11.1. The fraction of sp³-hybridized carbons (Fsp3) is 0.545. The third-order valence-corrected chi connectivity index (χ3v) is 3.72. The van der Waals surface area contributed by atoms with Gasteiger partial charge in [0.1, 0.15) is 29.5 Å². The zero-order chi connectivity index (χ0) is 14.3. The lowest BCUT2D eigenvalue weighted by Gasteiger charge is -2.20. The van der Waals surface area contributed by atoms with Gasteiger partial charge in [-0.1, -0.05) is 12.2 Å². The summed E-state index contributed by atoms with van der Waals surface area (Å²) in [6.07, 6.45) is 0.177. The van der Waals surface area contributed by atoms with Crippen molar-refractivity contribution in [2.45, 2.75) is 24.5 Å². The van der Waals surface area contributed by atoms with Gasteiger partial charge in [0.2, 0.25) is 0 Å². The maximum Gasteiger partial charge on any atom is 0.166 e. The number of nitrogens with one attached hydrogen (secondary N) is 1. The molecule has 8 nitrogen and oxygen atoms in total. The molecule has 0 bridgehead atoms. The molecule has 0 radical (unpaired) electrons. The summed E-state index contributed by atoms with van der Waals surface area (Å²) >= 11 is 5.10. The third-order valence-electron chi connectivity index (χ3n) is 3.42. The molecule has 1 saturated heterocycles. The van der Waals surface area contributed by atoms with Gasteiger partial charge in [-0.3, -0.25) is 4.57 Å². The lowest BCUT2D eigenvalue weighted by Crippen LogP contribution is -2.34. The molecule has 2 aromatic rings. The normalized spacial score (nSPS) is 30.1. The molecule has 0 saturated carbocycles. The molecule has 9 heteroatoms. The molecule has 1 aliphatic heterocycles. The van der Waals surface area contributed by atoms with Crippen molar-refractivity contribution in [2.75, 3.05) is 13.7 Å². The van der Waals surface area contributed by atoms with Crippen LogP contribution >= 0.6 is 12.2 Å². The summed E-state index contributed by atoms with van der Waals surface area (Å²) in [6, 6.07) is 0. The van der Waals surface area contributed by atoms with Crippen molar-refractivity contribution in [2.24, 2.45) is 0 Å². The van der Waals surface area contributed by atoms with Gasteiger partial charge in [0, 0.05) is 7.11 Å². The Bertz CT molecular complexity index is 672. The van der Waals surface area contributed by atoms with Gasteiger partial charge in [0.15, 0.2) is 10.9 Å².